The van der Waals surface area contributed by atoms with Gasteiger partial charge in [-0.2, -0.15) is 0 Å². The summed E-state index contributed by atoms with van der Waals surface area (Å²) in [5.74, 6) is 1.73. The number of ether oxygens (including phenoxy) is 1. The van der Waals surface area contributed by atoms with Crippen molar-refractivity contribution in [3.8, 4) is 11.5 Å². The molecule has 0 aliphatic heterocycles. The van der Waals surface area contributed by atoms with Crippen LogP contribution in [0.1, 0.15) is 18.1 Å². The molecule has 0 aliphatic rings. The summed E-state index contributed by atoms with van der Waals surface area (Å²) in [4.78, 5) is 0. The van der Waals surface area contributed by atoms with Crippen molar-refractivity contribution in [1.29, 1.82) is 0 Å². The molecule has 0 heterocycles. The lowest BCUT2D eigenvalue weighted by atomic mass is 10.1. The standard InChI is InChI=1S/C16H18BrNO/c1-2-12-3-6-15(7-4-12)19-16-8-5-14(17)11-13(16)9-10-18/h3-8,11H,2,9-10,18H2,1H3. The Morgan fingerprint density at radius 1 is 1.11 bits per heavy atom. The number of halogens is 1. The first-order valence-corrected chi connectivity index (χ1v) is 7.27. The third kappa shape index (κ3) is 3.82. The van der Waals surface area contributed by atoms with Crippen LogP contribution in [0.4, 0.5) is 0 Å². The largest absolute Gasteiger partial charge is 0.457 e. The van der Waals surface area contributed by atoms with Gasteiger partial charge in [0.2, 0.25) is 0 Å². The first kappa shape index (κ1) is 14.1. The number of aryl methyl sites for hydroxylation is 1. The van der Waals surface area contributed by atoms with Gasteiger partial charge in [0.25, 0.3) is 0 Å². The molecule has 0 amide bonds. The summed E-state index contributed by atoms with van der Waals surface area (Å²) in [7, 11) is 0. The van der Waals surface area contributed by atoms with E-state index in [2.05, 4.69) is 41.1 Å². The second-order valence-electron chi connectivity index (χ2n) is 4.39. The Balaban J connectivity index is 2.21. The van der Waals surface area contributed by atoms with E-state index in [9.17, 15) is 0 Å². The number of benzene rings is 2. The summed E-state index contributed by atoms with van der Waals surface area (Å²) in [6.07, 6.45) is 1.85. The molecule has 0 atom stereocenters. The summed E-state index contributed by atoms with van der Waals surface area (Å²) in [5.41, 5.74) is 8.07. The third-order valence-corrected chi connectivity index (χ3v) is 3.49. The van der Waals surface area contributed by atoms with Crippen LogP contribution in [0.25, 0.3) is 0 Å². The first-order valence-electron chi connectivity index (χ1n) is 6.48. The molecule has 0 bridgehead atoms. The van der Waals surface area contributed by atoms with E-state index >= 15 is 0 Å². The van der Waals surface area contributed by atoms with Gasteiger partial charge >= 0.3 is 0 Å². The fourth-order valence-corrected chi connectivity index (χ4v) is 2.33. The molecule has 100 valence electrons. The molecule has 2 nitrogen and oxygen atoms in total. The Hall–Kier alpha value is -1.32. The third-order valence-electron chi connectivity index (χ3n) is 3.00. The molecule has 3 heteroatoms. The van der Waals surface area contributed by atoms with Crippen molar-refractivity contribution in [1.82, 2.24) is 0 Å². The summed E-state index contributed by atoms with van der Waals surface area (Å²) >= 11 is 3.47. The molecule has 0 fully saturated rings. The normalized spacial score (nSPS) is 10.5. The zero-order chi connectivity index (χ0) is 13.7. The van der Waals surface area contributed by atoms with Crippen LogP contribution >= 0.6 is 15.9 Å². The maximum Gasteiger partial charge on any atom is 0.130 e. The zero-order valence-electron chi connectivity index (χ0n) is 11.0. The Morgan fingerprint density at radius 3 is 2.47 bits per heavy atom. The monoisotopic (exact) mass is 319 g/mol. The SMILES string of the molecule is CCc1ccc(Oc2ccc(Br)cc2CCN)cc1. The second kappa shape index (κ2) is 6.73. The maximum absolute atomic E-state index is 5.94. The fourth-order valence-electron chi connectivity index (χ4n) is 1.92. The van der Waals surface area contributed by atoms with E-state index in [0.717, 1.165) is 34.4 Å². The number of hydrogen-bond acceptors (Lipinski definition) is 2. The molecule has 0 spiro atoms. The minimum atomic E-state index is 0.613. The summed E-state index contributed by atoms with van der Waals surface area (Å²) < 4.78 is 6.99. The van der Waals surface area contributed by atoms with Crippen LogP contribution < -0.4 is 10.5 Å². The van der Waals surface area contributed by atoms with E-state index in [-0.39, 0.29) is 0 Å². The highest BCUT2D eigenvalue weighted by molar-refractivity contribution is 9.10. The highest BCUT2D eigenvalue weighted by atomic mass is 79.9. The maximum atomic E-state index is 5.94. The molecule has 0 saturated heterocycles. The average Bonchev–Trinajstić information content (AvgIpc) is 2.43. The molecule has 0 radical (unpaired) electrons. The Bertz CT molecular complexity index is 537. The second-order valence-corrected chi connectivity index (χ2v) is 5.31. The van der Waals surface area contributed by atoms with E-state index < -0.39 is 0 Å². The van der Waals surface area contributed by atoms with Gasteiger partial charge in [-0.05, 0) is 60.8 Å². The minimum Gasteiger partial charge on any atom is -0.457 e. The molecule has 0 aromatic heterocycles. The molecule has 0 unspecified atom stereocenters. The van der Waals surface area contributed by atoms with Gasteiger partial charge in [0, 0.05) is 4.47 Å². The molecule has 2 aromatic rings. The van der Waals surface area contributed by atoms with Crippen LogP contribution in [0.3, 0.4) is 0 Å². The minimum absolute atomic E-state index is 0.613. The van der Waals surface area contributed by atoms with Crippen molar-refractivity contribution in [2.75, 3.05) is 6.54 Å². The lowest BCUT2D eigenvalue weighted by molar-refractivity contribution is 0.476. The van der Waals surface area contributed by atoms with Gasteiger partial charge in [-0.3, -0.25) is 0 Å². The van der Waals surface area contributed by atoms with Gasteiger partial charge in [-0.15, -0.1) is 0 Å². The smallest absolute Gasteiger partial charge is 0.130 e. The van der Waals surface area contributed by atoms with Crippen molar-refractivity contribution in [2.24, 2.45) is 5.73 Å². The Kier molecular flexibility index (Phi) is 5.00. The molecule has 2 N–H and O–H groups in total. The van der Waals surface area contributed by atoms with Crippen molar-refractivity contribution in [3.63, 3.8) is 0 Å². The average molecular weight is 320 g/mol. The highest BCUT2D eigenvalue weighted by Crippen LogP contribution is 2.28. The van der Waals surface area contributed by atoms with Gasteiger partial charge in [-0.1, -0.05) is 35.0 Å². The fraction of sp³-hybridized carbons (Fsp3) is 0.250. The van der Waals surface area contributed by atoms with E-state index in [1.807, 2.05) is 24.3 Å². The molecule has 2 aromatic carbocycles. The predicted octanol–water partition coefficient (Wildman–Crippen LogP) is 4.31. The van der Waals surface area contributed by atoms with Crippen LogP contribution in [-0.4, -0.2) is 6.54 Å². The molecule has 0 aliphatic carbocycles. The van der Waals surface area contributed by atoms with E-state index in [1.165, 1.54) is 5.56 Å². The number of rotatable bonds is 5. The quantitative estimate of drug-likeness (QED) is 0.891. The summed E-state index contributed by atoms with van der Waals surface area (Å²) in [6, 6.07) is 14.2. The van der Waals surface area contributed by atoms with Crippen molar-refractivity contribution >= 4 is 15.9 Å². The topological polar surface area (TPSA) is 35.2 Å². The zero-order valence-corrected chi connectivity index (χ0v) is 12.6. The van der Waals surface area contributed by atoms with Gasteiger partial charge < -0.3 is 10.5 Å². The van der Waals surface area contributed by atoms with Gasteiger partial charge in [0.05, 0.1) is 0 Å². The van der Waals surface area contributed by atoms with Crippen LogP contribution in [-0.2, 0) is 12.8 Å². The highest BCUT2D eigenvalue weighted by Gasteiger charge is 2.05. The number of nitrogens with two attached hydrogens (primary N) is 1. The number of hydrogen-bond donors (Lipinski definition) is 1. The van der Waals surface area contributed by atoms with Crippen LogP contribution in [0.5, 0.6) is 11.5 Å². The van der Waals surface area contributed by atoms with Gasteiger partial charge in [0.15, 0.2) is 0 Å². The van der Waals surface area contributed by atoms with Gasteiger partial charge in [-0.25, -0.2) is 0 Å². The first-order chi connectivity index (χ1) is 9.22. The van der Waals surface area contributed by atoms with Crippen LogP contribution in [0.15, 0.2) is 46.9 Å². The summed E-state index contributed by atoms with van der Waals surface area (Å²) in [6.45, 7) is 2.76. The molecule has 0 saturated carbocycles. The predicted molar refractivity (Wildman–Crippen MR) is 82.8 cm³/mol. The van der Waals surface area contributed by atoms with Crippen molar-refractivity contribution in [3.05, 3.63) is 58.1 Å². The molecular formula is C16H18BrNO. The Labute approximate surface area is 122 Å². The van der Waals surface area contributed by atoms with E-state index in [4.69, 9.17) is 10.5 Å². The van der Waals surface area contributed by atoms with Crippen LogP contribution in [0.2, 0.25) is 0 Å². The lowest BCUT2D eigenvalue weighted by Gasteiger charge is -2.11. The van der Waals surface area contributed by atoms with E-state index in [0.29, 0.717) is 6.54 Å². The van der Waals surface area contributed by atoms with Crippen molar-refractivity contribution < 1.29 is 4.74 Å². The summed E-state index contributed by atoms with van der Waals surface area (Å²) in [5, 5.41) is 0. The Morgan fingerprint density at radius 2 is 1.84 bits per heavy atom. The molecule has 2 rings (SSSR count). The van der Waals surface area contributed by atoms with Crippen LogP contribution in [0, 0.1) is 0 Å². The van der Waals surface area contributed by atoms with Crippen molar-refractivity contribution in [2.45, 2.75) is 19.8 Å². The van der Waals surface area contributed by atoms with Gasteiger partial charge in [0.1, 0.15) is 11.5 Å². The lowest BCUT2D eigenvalue weighted by Crippen LogP contribution is -2.04. The molecule has 19 heavy (non-hydrogen) atoms. The van der Waals surface area contributed by atoms with E-state index in [1.54, 1.807) is 0 Å². The molecular weight excluding hydrogens is 302 g/mol.